The van der Waals surface area contributed by atoms with E-state index in [1.165, 1.54) is 17.0 Å². The lowest BCUT2D eigenvalue weighted by Gasteiger charge is -2.33. The summed E-state index contributed by atoms with van der Waals surface area (Å²) < 4.78 is 34.3. The van der Waals surface area contributed by atoms with Gasteiger partial charge in [0.2, 0.25) is 11.8 Å². The number of benzene rings is 3. The Morgan fingerprint density at radius 3 is 2.26 bits per heavy atom. The third kappa shape index (κ3) is 7.70. The number of hydrogen-bond acceptors (Lipinski definition) is 5. The van der Waals surface area contributed by atoms with Gasteiger partial charge >= 0.3 is 0 Å². The average molecular weight is 592 g/mol. The van der Waals surface area contributed by atoms with Crippen molar-refractivity contribution in [1.29, 1.82) is 0 Å². The van der Waals surface area contributed by atoms with Gasteiger partial charge in [0.15, 0.2) is 0 Å². The SMILES string of the molecule is CCc1ccc(N(CC(=O)N(Cc2cccc(OC)c2)[C@@H](C)C(=O)NC2CCCCC2)S(=O)(=O)c2ccccc2)cc1. The standard InChI is InChI=1S/C33H41N3O5S/c1-4-26-18-20-29(21-19-26)36(42(39,40)31-16-9-6-10-17-31)24-32(37)35(23-27-12-11-15-30(22-27)41-3)25(2)33(38)34-28-13-7-5-8-14-28/h6,9-12,15-22,25,28H,4-5,7-8,13-14,23-24H2,1-3H3,(H,34,38)/t25-/m0/s1. The number of nitrogens with one attached hydrogen (secondary N) is 1. The second-order valence-electron chi connectivity index (χ2n) is 10.7. The summed E-state index contributed by atoms with van der Waals surface area (Å²) in [6.07, 6.45) is 5.92. The molecule has 8 nitrogen and oxygen atoms in total. The van der Waals surface area contributed by atoms with Gasteiger partial charge in [0.1, 0.15) is 18.3 Å². The van der Waals surface area contributed by atoms with E-state index in [0.29, 0.717) is 11.4 Å². The van der Waals surface area contributed by atoms with Crippen LogP contribution in [0.3, 0.4) is 0 Å². The summed E-state index contributed by atoms with van der Waals surface area (Å²) in [5, 5.41) is 3.13. The Morgan fingerprint density at radius 2 is 1.62 bits per heavy atom. The molecule has 9 heteroatoms. The number of rotatable bonds is 12. The minimum Gasteiger partial charge on any atom is -0.497 e. The van der Waals surface area contributed by atoms with Gasteiger partial charge in [-0.15, -0.1) is 0 Å². The highest BCUT2D eigenvalue weighted by Crippen LogP contribution is 2.26. The first-order valence-electron chi connectivity index (χ1n) is 14.6. The molecule has 0 aliphatic heterocycles. The molecule has 2 amide bonds. The van der Waals surface area contributed by atoms with Crippen molar-refractivity contribution >= 4 is 27.5 Å². The van der Waals surface area contributed by atoms with Crippen molar-refractivity contribution in [3.8, 4) is 5.75 Å². The third-order valence-corrected chi connectivity index (χ3v) is 9.64. The van der Waals surface area contributed by atoms with Crippen LogP contribution in [0.5, 0.6) is 5.75 Å². The smallest absolute Gasteiger partial charge is 0.264 e. The number of hydrogen-bond donors (Lipinski definition) is 1. The van der Waals surface area contributed by atoms with Gasteiger partial charge in [-0.3, -0.25) is 13.9 Å². The first kappa shape index (κ1) is 31.1. The molecule has 4 rings (SSSR count). The van der Waals surface area contributed by atoms with E-state index in [0.717, 1.165) is 54.0 Å². The quantitative estimate of drug-likeness (QED) is 0.308. The number of aryl methyl sites for hydroxylation is 1. The summed E-state index contributed by atoms with van der Waals surface area (Å²) in [6.45, 7) is 3.37. The fourth-order valence-corrected chi connectivity index (χ4v) is 6.70. The van der Waals surface area contributed by atoms with Crippen LogP contribution in [0.15, 0.2) is 83.8 Å². The highest BCUT2D eigenvalue weighted by molar-refractivity contribution is 7.92. The van der Waals surface area contributed by atoms with Crippen molar-refractivity contribution in [2.45, 2.75) is 75.9 Å². The van der Waals surface area contributed by atoms with E-state index in [4.69, 9.17) is 4.74 Å². The molecule has 1 fully saturated rings. The van der Waals surface area contributed by atoms with Crippen LogP contribution in [-0.2, 0) is 32.6 Å². The van der Waals surface area contributed by atoms with Crippen LogP contribution in [0.25, 0.3) is 0 Å². The van der Waals surface area contributed by atoms with Crippen LogP contribution >= 0.6 is 0 Å². The van der Waals surface area contributed by atoms with Gasteiger partial charge in [-0.2, -0.15) is 0 Å². The van der Waals surface area contributed by atoms with Crippen LogP contribution in [0.1, 0.15) is 57.1 Å². The topological polar surface area (TPSA) is 96.0 Å². The van der Waals surface area contributed by atoms with Crippen molar-refractivity contribution < 1.29 is 22.7 Å². The average Bonchev–Trinajstić information content (AvgIpc) is 3.03. The van der Waals surface area contributed by atoms with E-state index >= 15 is 0 Å². The fraction of sp³-hybridized carbons (Fsp3) is 0.394. The van der Waals surface area contributed by atoms with Crippen LogP contribution in [0.4, 0.5) is 5.69 Å². The van der Waals surface area contributed by atoms with Crippen molar-refractivity contribution in [2.24, 2.45) is 0 Å². The van der Waals surface area contributed by atoms with E-state index in [2.05, 4.69) is 5.32 Å². The minimum atomic E-state index is -4.09. The summed E-state index contributed by atoms with van der Waals surface area (Å²) in [6, 6.07) is 21.8. The maximum Gasteiger partial charge on any atom is 0.264 e. The Labute approximate surface area is 249 Å². The predicted molar refractivity (Wildman–Crippen MR) is 165 cm³/mol. The molecular formula is C33H41N3O5S. The number of amides is 2. The Morgan fingerprint density at radius 1 is 0.929 bits per heavy atom. The zero-order valence-electron chi connectivity index (χ0n) is 24.7. The van der Waals surface area contributed by atoms with Gasteiger partial charge in [-0.25, -0.2) is 8.42 Å². The van der Waals surface area contributed by atoms with Gasteiger partial charge in [-0.05, 0) is 73.7 Å². The van der Waals surface area contributed by atoms with Gasteiger partial charge < -0.3 is 15.0 Å². The van der Waals surface area contributed by atoms with E-state index in [-0.39, 0.29) is 23.4 Å². The molecule has 0 aromatic heterocycles. The molecule has 0 spiro atoms. The first-order valence-corrected chi connectivity index (χ1v) is 16.1. The first-order chi connectivity index (χ1) is 20.2. The molecule has 224 valence electrons. The van der Waals surface area contributed by atoms with Gasteiger partial charge in [0, 0.05) is 12.6 Å². The molecule has 0 heterocycles. The van der Waals surface area contributed by atoms with E-state index in [1.807, 2.05) is 43.3 Å². The lowest BCUT2D eigenvalue weighted by molar-refractivity contribution is -0.139. The van der Waals surface area contributed by atoms with Crippen molar-refractivity contribution in [3.63, 3.8) is 0 Å². The molecule has 1 aliphatic rings. The van der Waals surface area contributed by atoms with Crippen molar-refractivity contribution in [1.82, 2.24) is 10.2 Å². The molecule has 1 atom stereocenters. The lowest BCUT2D eigenvalue weighted by atomic mass is 9.95. The number of sulfonamides is 1. The minimum absolute atomic E-state index is 0.0782. The Hall–Kier alpha value is -3.85. The van der Waals surface area contributed by atoms with Crippen LogP contribution < -0.4 is 14.4 Å². The van der Waals surface area contributed by atoms with Gasteiger partial charge in [0.05, 0.1) is 17.7 Å². The summed E-state index contributed by atoms with van der Waals surface area (Å²) in [5.41, 5.74) is 2.20. The molecule has 0 unspecified atom stereocenters. The zero-order valence-corrected chi connectivity index (χ0v) is 25.5. The Kier molecular flexibility index (Phi) is 10.6. The van der Waals surface area contributed by atoms with Crippen molar-refractivity contribution in [3.05, 3.63) is 90.0 Å². The molecule has 1 aliphatic carbocycles. The molecule has 3 aromatic rings. The summed E-state index contributed by atoms with van der Waals surface area (Å²) >= 11 is 0. The summed E-state index contributed by atoms with van der Waals surface area (Å²) in [5.74, 6) is -0.102. The molecule has 1 N–H and O–H groups in total. The second-order valence-corrected chi connectivity index (χ2v) is 12.6. The van der Waals surface area contributed by atoms with E-state index < -0.39 is 28.5 Å². The monoisotopic (exact) mass is 591 g/mol. The largest absolute Gasteiger partial charge is 0.497 e. The molecule has 0 radical (unpaired) electrons. The molecule has 3 aromatic carbocycles. The molecule has 1 saturated carbocycles. The van der Waals surface area contributed by atoms with Crippen LogP contribution in [-0.4, -0.2) is 50.9 Å². The number of carbonyl (C=O) groups is 2. The highest BCUT2D eigenvalue weighted by atomic mass is 32.2. The normalized spacial score (nSPS) is 14.5. The fourth-order valence-electron chi connectivity index (χ4n) is 5.27. The maximum absolute atomic E-state index is 14.1. The van der Waals surface area contributed by atoms with Gasteiger partial charge in [0.25, 0.3) is 10.0 Å². The number of ether oxygens (including phenoxy) is 1. The predicted octanol–water partition coefficient (Wildman–Crippen LogP) is 5.32. The zero-order chi connectivity index (χ0) is 30.1. The number of anilines is 1. The highest BCUT2D eigenvalue weighted by Gasteiger charge is 2.33. The maximum atomic E-state index is 14.1. The second kappa shape index (κ2) is 14.4. The van der Waals surface area contributed by atoms with Gasteiger partial charge in [-0.1, -0.05) is 68.7 Å². The molecule has 0 saturated heterocycles. The molecule has 0 bridgehead atoms. The number of carbonyl (C=O) groups excluding carboxylic acids is 2. The van der Waals surface area contributed by atoms with Crippen LogP contribution in [0, 0.1) is 0 Å². The Balaban J connectivity index is 1.67. The number of nitrogens with zero attached hydrogens (tertiary/aromatic N) is 2. The van der Waals surface area contributed by atoms with Crippen molar-refractivity contribution in [2.75, 3.05) is 18.0 Å². The lowest BCUT2D eigenvalue weighted by Crippen LogP contribution is -2.53. The number of methoxy groups -OCH3 is 1. The Bertz CT molecular complexity index is 1440. The summed E-state index contributed by atoms with van der Waals surface area (Å²) in [4.78, 5) is 29.1. The summed E-state index contributed by atoms with van der Waals surface area (Å²) in [7, 11) is -2.52. The van der Waals surface area contributed by atoms with Crippen LogP contribution in [0.2, 0.25) is 0 Å². The molecule has 42 heavy (non-hydrogen) atoms. The van der Waals surface area contributed by atoms with E-state index in [9.17, 15) is 18.0 Å². The van der Waals surface area contributed by atoms with E-state index in [1.54, 1.807) is 44.4 Å². The molecular weight excluding hydrogens is 550 g/mol. The third-order valence-electron chi connectivity index (χ3n) is 7.85.